The molecule has 14 heteroatoms. The largest absolute Gasteiger partial charge is 0.484 e. The molecule has 1 aromatic carbocycles. The number of nitrogens with one attached hydrogen (secondary N) is 1. The summed E-state index contributed by atoms with van der Waals surface area (Å²) in [5.41, 5.74) is 6.73. The van der Waals surface area contributed by atoms with Crippen LogP contribution in [0.5, 0.6) is 0 Å². The Morgan fingerprint density at radius 2 is 2.11 bits per heavy atom. The second-order valence-electron chi connectivity index (χ2n) is 8.11. The Balaban J connectivity index is 1.20. The number of amides is 1. The van der Waals surface area contributed by atoms with E-state index in [4.69, 9.17) is 19.9 Å². The number of aliphatic hydroxyl groups is 2. The topological polar surface area (TPSA) is 184 Å². The van der Waals surface area contributed by atoms with Crippen molar-refractivity contribution in [1.82, 2.24) is 24.8 Å². The summed E-state index contributed by atoms with van der Waals surface area (Å²) in [4.78, 5) is 36.5. The number of benzene rings is 1. The molecule has 2 aromatic heterocycles. The Bertz CT molecular complexity index is 1360. The maximum atomic E-state index is 13.6. The molecule has 5 N–H and O–H groups in total. The fraction of sp³-hybridized carbons (Fsp3) is 0.318. The summed E-state index contributed by atoms with van der Waals surface area (Å²) in [5.74, 6) is -1.55. The third-order valence-electron chi connectivity index (χ3n) is 5.81. The van der Waals surface area contributed by atoms with Gasteiger partial charge in [-0.15, -0.1) is 0 Å². The van der Waals surface area contributed by atoms with E-state index < -0.39 is 48.8 Å². The maximum Gasteiger partial charge on any atom is 0.342 e. The zero-order valence-corrected chi connectivity index (χ0v) is 18.6. The van der Waals surface area contributed by atoms with Crippen LogP contribution in [0.4, 0.5) is 10.2 Å². The summed E-state index contributed by atoms with van der Waals surface area (Å²) in [5, 5.41) is 23.5. The Morgan fingerprint density at radius 3 is 2.92 bits per heavy atom. The van der Waals surface area contributed by atoms with E-state index >= 15 is 0 Å². The zero-order valence-electron chi connectivity index (χ0n) is 18.6. The van der Waals surface area contributed by atoms with E-state index in [1.165, 1.54) is 35.4 Å². The van der Waals surface area contributed by atoms with Crippen molar-refractivity contribution in [3.8, 4) is 0 Å². The molecule has 1 fully saturated rings. The number of carbonyl (C=O) groups is 2. The number of esters is 1. The molecule has 13 nitrogen and oxygen atoms in total. The number of aliphatic hydroxyl groups excluding tert-OH is 2. The lowest BCUT2D eigenvalue weighted by molar-refractivity contribution is -0.134. The van der Waals surface area contributed by atoms with E-state index in [0.717, 1.165) is 6.07 Å². The van der Waals surface area contributed by atoms with Crippen LogP contribution in [-0.4, -0.2) is 79.7 Å². The molecule has 5 rings (SSSR count). The second kappa shape index (κ2) is 9.49. The first-order valence-corrected chi connectivity index (χ1v) is 10.8. The van der Waals surface area contributed by atoms with Crippen LogP contribution in [0.1, 0.15) is 11.8 Å². The number of carbonyl (C=O) groups excluding carboxylic acids is 2. The maximum absolute atomic E-state index is 13.6. The summed E-state index contributed by atoms with van der Waals surface area (Å²) in [6.07, 6.45) is -2.04. The van der Waals surface area contributed by atoms with Crippen LogP contribution in [0, 0.1) is 5.82 Å². The average Bonchev–Trinajstić information content (AvgIpc) is 3.53. The molecule has 4 atom stereocenters. The fourth-order valence-electron chi connectivity index (χ4n) is 4.03. The number of hydrogen-bond acceptors (Lipinski definition) is 11. The van der Waals surface area contributed by atoms with Gasteiger partial charge < -0.3 is 35.5 Å². The molecule has 0 spiro atoms. The number of cyclic esters (lactones) is 1. The molecule has 0 bridgehead atoms. The van der Waals surface area contributed by atoms with Crippen molar-refractivity contribution in [3.63, 3.8) is 0 Å². The zero-order chi connectivity index (χ0) is 25.4. The molecule has 1 amide bonds. The van der Waals surface area contributed by atoms with Crippen LogP contribution < -0.4 is 11.1 Å². The second-order valence-corrected chi connectivity index (χ2v) is 8.11. The van der Waals surface area contributed by atoms with Crippen molar-refractivity contribution < 1.29 is 38.4 Å². The highest BCUT2D eigenvalue weighted by Gasteiger charge is 2.44. The first-order chi connectivity index (χ1) is 17.3. The van der Waals surface area contributed by atoms with Gasteiger partial charge in [0.05, 0.1) is 6.33 Å². The number of aromatic nitrogens is 4. The number of nitrogens with zero attached hydrogens (tertiary/aromatic N) is 4. The molecular weight excluding hydrogens is 479 g/mol. The summed E-state index contributed by atoms with van der Waals surface area (Å²) in [6.45, 7) is -0.808. The monoisotopic (exact) mass is 500 g/mol. The van der Waals surface area contributed by atoms with Crippen molar-refractivity contribution in [1.29, 1.82) is 0 Å². The van der Waals surface area contributed by atoms with Crippen molar-refractivity contribution in [3.05, 3.63) is 54.1 Å². The molecule has 188 valence electrons. The molecule has 2 aliphatic heterocycles. The number of nitrogens with two attached hydrogens (primary N) is 1. The molecule has 3 aromatic rings. The summed E-state index contributed by atoms with van der Waals surface area (Å²) in [7, 11) is 0. The molecule has 0 aliphatic carbocycles. The van der Waals surface area contributed by atoms with Gasteiger partial charge in [0.15, 0.2) is 24.3 Å². The van der Waals surface area contributed by atoms with E-state index in [1.54, 1.807) is 0 Å². The van der Waals surface area contributed by atoms with Gasteiger partial charge in [0.2, 0.25) is 0 Å². The molecule has 2 aliphatic rings. The van der Waals surface area contributed by atoms with Gasteiger partial charge in [-0.25, -0.2) is 24.1 Å². The Kier molecular flexibility index (Phi) is 6.22. The van der Waals surface area contributed by atoms with Gasteiger partial charge in [0.1, 0.15) is 53.9 Å². The lowest BCUT2D eigenvalue weighted by Gasteiger charge is -2.16. The first-order valence-electron chi connectivity index (χ1n) is 10.8. The van der Waals surface area contributed by atoms with E-state index in [0.29, 0.717) is 11.2 Å². The fourth-order valence-corrected chi connectivity index (χ4v) is 4.03. The van der Waals surface area contributed by atoms with Crippen LogP contribution in [0.15, 0.2) is 42.7 Å². The Hall–Kier alpha value is -4.14. The number of imidazole rings is 1. The highest BCUT2D eigenvalue weighted by atomic mass is 19.1. The number of anilines is 1. The molecule has 0 saturated carbocycles. The normalized spacial score (nSPS) is 23.8. The lowest BCUT2D eigenvalue weighted by Crippen LogP contribution is -2.40. The number of halogens is 1. The van der Waals surface area contributed by atoms with Crippen molar-refractivity contribution >= 4 is 34.4 Å². The number of ether oxygens (including phenoxy) is 3. The van der Waals surface area contributed by atoms with Crippen molar-refractivity contribution in [2.24, 2.45) is 0 Å². The van der Waals surface area contributed by atoms with Gasteiger partial charge in [-0.2, -0.15) is 0 Å². The standard InChI is InChI=1S/C22H21FN6O7/c23-11-3-1-2-10(4-11)15-13(6-35-22(15)33)34-7-14(30)25-5-12-17(31)18(32)21(36-12)29-9-28-16-19(24)26-8-27-20(16)29/h1-4,8-9,12,17-18,21,31-32H,5-7H2,(H,25,30)(H2,24,26,27)/t12-,17-,18-,21-/m1/s1. The van der Waals surface area contributed by atoms with Crippen molar-refractivity contribution in [2.45, 2.75) is 24.5 Å². The first kappa shape index (κ1) is 23.6. The number of nitrogen functional groups attached to an aromatic ring is 1. The highest BCUT2D eigenvalue weighted by molar-refractivity contribution is 6.18. The quantitative estimate of drug-likeness (QED) is 0.300. The third-order valence-corrected chi connectivity index (χ3v) is 5.81. The third kappa shape index (κ3) is 4.32. The lowest BCUT2D eigenvalue weighted by atomic mass is 10.1. The van der Waals surface area contributed by atoms with Gasteiger partial charge >= 0.3 is 5.97 Å². The molecule has 1 saturated heterocycles. The van der Waals surface area contributed by atoms with Gasteiger partial charge in [-0.3, -0.25) is 9.36 Å². The predicted molar refractivity (Wildman–Crippen MR) is 119 cm³/mol. The molecule has 4 heterocycles. The van der Waals surface area contributed by atoms with Gasteiger partial charge in [-0.05, 0) is 17.7 Å². The van der Waals surface area contributed by atoms with Gasteiger partial charge in [0, 0.05) is 6.54 Å². The van der Waals surface area contributed by atoms with E-state index in [2.05, 4.69) is 20.3 Å². The van der Waals surface area contributed by atoms with Crippen LogP contribution in [0.2, 0.25) is 0 Å². The molecule has 0 radical (unpaired) electrons. The Labute approximate surface area is 202 Å². The van der Waals surface area contributed by atoms with Gasteiger partial charge in [0.25, 0.3) is 5.91 Å². The summed E-state index contributed by atoms with van der Waals surface area (Å²) >= 11 is 0. The molecular formula is C22H21FN6O7. The van der Waals surface area contributed by atoms with Crippen molar-refractivity contribution in [2.75, 3.05) is 25.5 Å². The molecule has 0 unspecified atom stereocenters. The van der Waals surface area contributed by atoms with Crippen LogP contribution >= 0.6 is 0 Å². The molecule has 36 heavy (non-hydrogen) atoms. The SMILES string of the molecule is Nc1ncnc2c1ncn2[C@@H]1O[C@H](CNC(=O)COC2=C(c3cccc(F)c3)C(=O)OC2)[C@@H](O)[C@H]1O. The number of fused-ring (bicyclic) bond motifs is 1. The van der Waals surface area contributed by atoms with E-state index in [1.807, 2.05) is 0 Å². The van der Waals surface area contributed by atoms with E-state index in [9.17, 15) is 24.2 Å². The van der Waals surface area contributed by atoms with Crippen LogP contribution in [0.3, 0.4) is 0 Å². The number of hydrogen-bond donors (Lipinski definition) is 4. The smallest absolute Gasteiger partial charge is 0.342 e. The van der Waals surface area contributed by atoms with E-state index in [-0.39, 0.29) is 35.9 Å². The summed E-state index contributed by atoms with van der Waals surface area (Å²) < 4.78 is 31.2. The van der Waals surface area contributed by atoms with Crippen LogP contribution in [0.25, 0.3) is 16.7 Å². The summed E-state index contributed by atoms with van der Waals surface area (Å²) in [6, 6.07) is 5.36. The Morgan fingerprint density at radius 1 is 1.28 bits per heavy atom. The minimum atomic E-state index is -1.34. The predicted octanol–water partition coefficient (Wildman–Crippen LogP) is -0.732. The minimum Gasteiger partial charge on any atom is -0.484 e. The average molecular weight is 500 g/mol. The highest BCUT2D eigenvalue weighted by Crippen LogP contribution is 2.32. The van der Waals surface area contributed by atoms with Crippen LogP contribution in [-0.2, 0) is 23.8 Å². The number of rotatable bonds is 7. The van der Waals surface area contributed by atoms with Gasteiger partial charge in [-0.1, -0.05) is 12.1 Å². The minimum absolute atomic E-state index is 0.0415.